The van der Waals surface area contributed by atoms with Gasteiger partial charge in [0.15, 0.2) is 11.5 Å². The first-order chi connectivity index (χ1) is 8.69. The first kappa shape index (κ1) is 12.7. The van der Waals surface area contributed by atoms with Gasteiger partial charge in [0.1, 0.15) is 0 Å². The second kappa shape index (κ2) is 5.28. The van der Waals surface area contributed by atoms with Crippen LogP contribution in [0.15, 0.2) is 12.1 Å². The molecule has 0 N–H and O–H groups in total. The Labute approximate surface area is 108 Å². The molecule has 0 saturated heterocycles. The molecule has 1 aromatic rings. The topological polar surface area (TPSA) is 45.5 Å². The molecule has 4 nitrogen and oxygen atoms in total. The molecule has 0 amide bonds. The zero-order valence-electron chi connectivity index (χ0n) is 11.1. The van der Waals surface area contributed by atoms with E-state index in [0.717, 1.165) is 24.5 Å². The number of likely N-dealkylation sites (N-methyl/N-ethyl adjacent to an activating group) is 1. The van der Waals surface area contributed by atoms with Gasteiger partial charge < -0.3 is 9.47 Å². The lowest BCUT2D eigenvalue weighted by molar-refractivity contribution is 0.217. The molecule has 0 aromatic heterocycles. The number of nitriles is 1. The summed E-state index contributed by atoms with van der Waals surface area (Å²) in [6.07, 6.45) is 1.45. The van der Waals surface area contributed by atoms with E-state index in [9.17, 15) is 0 Å². The van der Waals surface area contributed by atoms with Crippen molar-refractivity contribution in [3.63, 3.8) is 0 Å². The van der Waals surface area contributed by atoms with E-state index in [4.69, 9.17) is 14.7 Å². The van der Waals surface area contributed by atoms with Gasteiger partial charge >= 0.3 is 0 Å². The Balaban J connectivity index is 2.34. The SMILES string of the molecule is COc1cc2c(cc1OC)CN(C)C(CC#N)C2. The maximum Gasteiger partial charge on any atom is 0.161 e. The first-order valence-corrected chi connectivity index (χ1v) is 6.00. The van der Waals surface area contributed by atoms with Crippen LogP contribution < -0.4 is 9.47 Å². The maximum absolute atomic E-state index is 8.85. The Kier molecular flexibility index (Phi) is 3.73. The van der Waals surface area contributed by atoms with E-state index in [0.29, 0.717) is 12.5 Å². The number of methoxy groups -OCH3 is 2. The number of benzene rings is 1. The van der Waals surface area contributed by atoms with Crippen LogP contribution in [0.5, 0.6) is 11.5 Å². The Morgan fingerprint density at radius 1 is 1.28 bits per heavy atom. The summed E-state index contributed by atoms with van der Waals surface area (Å²) >= 11 is 0. The second-order valence-electron chi connectivity index (χ2n) is 4.61. The van der Waals surface area contributed by atoms with Crippen molar-refractivity contribution in [2.45, 2.75) is 25.4 Å². The zero-order valence-corrected chi connectivity index (χ0v) is 11.1. The minimum atomic E-state index is 0.292. The molecule has 18 heavy (non-hydrogen) atoms. The third kappa shape index (κ3) is 2.27. The van der Waals surface area contributed by atoms with Gasteiger partial charge in [0, 0.05) is 12.6 Å². The van der Waals surface area contributed by atoms with Gasteiger partial charge in [0.25, 0.3) is 0 Å². The fraction of sp³-hybridized carbons (Fsp3) is 0.500. The van der Waals surface area contributed by atoms with E-state index < -0.39 is 0 Å². The van der Waals surface area contributed by atoms with Crippen LogP contribution in [0.1, 0.15) is 17.5 Å². The van der Waals surface area contributed by atoms with E-state index >= 15 is 0 Å². The molecule has 1 atom stereocenters. The molecule has 4 heteroatoms. The summed E-state index contributed by atoms with van der Waals surface area (Å²) in [5.74, 6) is 1.53. The maximum atomic E-state index is 8.85. The summed E-state index contributed by atoms with van der Waals surface area (Å²) in [4.78, 5) is 2.22. The average Bonchev–Trinajstić information content (AvgIpc) is 2.38. The zero-order chi connectivity index (χ0) is 13.1. The highest BCUT2D eigenvalue weighted by Crippen LogP contribution is 2.34. The summed E-state index contributed by atoms with van der Waals surface area (Å²) in [5, 5.41) is 8.85. The van der Waals surface area contributed by atoms with E-state index in [1.807, 2.05) is 12.1 Å². The lowest BCUT2D eigenvalue weighted by atomic mass is 9.92. The van der Waals surface area contributed by atoms with Gasteiger partial charge in [0.2, 0.25) is 0 Å². The molecule has 1 aliphatic rings. The molecule has 0 aliphatic carbocycles. The van der Waals surface area contributed by atoms with Crippen LogP contribution in [0, 0.1) is 11.3 Å². The Morgan fingerprint density at radius 3 is 2.44 bits per heavy atom. The van der Waals surface area contributed by atoms with Crippen LogP contribution in [-0.2, 0) is 13.0 Å². The summed E-state index contributed by atoms with van der Waals surface area (Å²) in [7, 11) is 5.35. The monoisotopic (exact) mass is 246 g/mol. The van der Waals surface area contributed by atoms with E-state index in [1.54, 1.807) is 14.2 Å². The van der Waals surface area contributed by atoms with Crippen LogP contribution >= 0.6 is 0 Å². The van der Waals surface area contributed by atoms with Crippen molar-refractivity contribution in [2.75, 3.05) is 21.3 Å². The molecule has 0 bridgehead atoms. The van der Waals surface area contributed by atoms with Crippen LogP contribution in [0.25, 0.3) is 0 Å². The molecular weight excluding hydrogens is 228 g/mol. The van der Waals surface area contributed by atoms with Gasteiger partial charge in [-0.05, 0) is 36.7 Å². The Morgan fingerprint density at radius 2 is 1.89 bits per heavy atom. The molecule has 1 heterocycles. The summed E-state index contributed by atoms with van der Waals surface area (Å²) in [5.41, 5.74) is 2.51. The van der Waals surface area contributed by atoms with Gasteiger partial charge in [-0.2, -0.15) is 5.26 Å². The Bertz CT molecular complexity index is 479. The molecule has 1 unspecified atom stereocenters. The number of nitrogens with zero attached hydrogens (tertiary/aromatic N) is 2. The van der Waals surface area contributed by atoms with Crippen molar-refractivity contribution in [2.24, 2.45) is 0 Å². The molecule has 96 valence electrons. The smallest absolute Gasteiger partial charge is 0.161 e. The van der Waals surface area contributed by atoms with E-state index in [-0.39, 0.29) is 0 Å². The Hall–Kier alpha value is -1.73. The quantitative estimate of drug-likeness (QED) is 0.818. The highest BCUT2D eigenvalue weighted by Gasteiger charge is 2.24. The minimum absolute atomic E-state index is 0.292. The standard InChI is InChI=1S/C14H18N2O2/c1-16-9-11-8-14(18-3)13(17-2)7-10(11)6-12(16)4-5-15/h7-8,12H,4,6,9H2,1-3H3. The lowest BCUT2D eigenvalue weighted by Crippen LogP contribution is -2.37. The number of rotatable bonds is 3. The van der Waals surface area contributed by atoms with Gasteiger partial charge in [-0.3, -0.25) is 4.90 Å². The molecular formula is C14H18N2O2. The van der Waals surface area contributed by atoms with Crippen molar-refractivity contribution in [1.29, 1.82) is 5.26 Å². The molecule has 0 radical (unpaired) electrons. The summed E-state index contributed by atoms with van der Waals surface area (Å²) < 4.78 is 10.6. The summed E-state index contributed by atoms with van der Waals surface area (Å²) in [6, 6.07) is 6.61. The van der Waals surface area contributed by atoms with Crippen LogP contribution in [0.3, 0.4) is 0 Å². The third-order valence-corrected chi connectivity index (χ3v) is 3.53. The molecule has 0 saturated carbocycles. The van der Waals surface area contributed by atoms with Crippen molar-refractivity contribution >= 4 is 0 Å². The minimum Gasteiger partial charge on any atom is -0.493 e. The van der Waals surface area contributed by atoms with Crippen LogP contribution in [0.4, 0.5) is 0 Å². The highest BCUT2D eigenvalue weighted by molar-refractivity contribution is 5.48. The molecule has 1 aliphatic heterocycles. The normalized spacial score (nSPS) is 18.9. The van der Waals surface area contributed by atoms with Crippen LogP contribution in [-0.4, -0.2) is 32.2 Å². The fourth-order valence-corrected chi connectivity index (χ4v) is 2.44. The number of fused-ring (bicyclic) bond motifs is 1. The lowest BCUT2D eigenvalue weighted by Gasteiger charge is -2.33. The van der Waals surface area contributed by atoms with Gasteiger partial charge in [-0.1, -0.05) is 0 Å². The first-order valence-electron chi connectivity index (χ1n) is 6.00. The predicted octanol–water partition coefficient (Wildman–Crippen LogP) is 1.97. The number of hydrogen-bond acceptors (Lipinski definition) is 4. The highest BCUT2D eigenvalue weighted by atomic mass is 16.5. The van der Waals surface area contributed by atoms with E-state index in [1.165, 1.54) is 11.1 Å². The largest absolute Gasteiger partial charge is 0.493 e. The number of hydrogen-bond donors (Lipinski definition) is 0. The van der Waals surface area contributed by atoms with Crippen molar-refractivity contribution < 1.29 is 9.47 Å². The fourth-order valence-electron chi connectivity index (χ4n) is 2.44. The summed E-state index contributed by atoms with van der Waals surface area (Å²) in [6.45, 7) is 0.849. The molecule has 0 spiro atoms. The average molecular weight is 246 g/mol. The van der Waals surface area contributed by atoms with Crippen LogP contribution in [0.2, 0.25) is 0 Å². The molecule has 1 aromatic carbocycles. The predicted molar refractivity (Wildman–Crippen MR) is 68.7 cm³/mol. The van der Waals surface area contributed by atoms with E-state index in [2.05, 4.69) is 18.0 Å². The van der Waals surface area contributed by atoms with Gasteiger partial charge in [-0.25, -0.2) is 0 Å². The molecule has 2 rings (SSSR count). The van der Waals surface area contributed by atoms with Crippen molar-refractivity contribution in [3.05, 3.63) is 23.3 Å². The second-order valence-corrected chi connectivity index (χ2v) is 4.61. The number of ether oxygens (including phenoxy) is 2. The van der Waals surface area contributed by atoms with Gasteiger partial charge in [-0.15, -0.1) is 0 Å². The van der Waals surface area contributed by atoms with Crippen molar-refractivity contribution in [1.82, 2.24) is 4.90 Å². The van der Waals surface area contributed by atoms with Gasteiger partial charge in [0.05, 0.1) is 26.7 Å². The third-order valence-electron chi connectivity index (χ3n) is 3.53. The molecule has 0 fully saturated rings. The van der Waals surface area contributed by atoms with Crippen molar-refractivity contribution in [3.8, 4) is 17.6 Å².